The van der Waals surface area contributed by atoms with Crippen LogP contribution in [0.15, 0.2) is 4.52 Å². The number of nitrogens with two attached hydrogens (primary N) is 1. The summed E-state index contributed by atoms with van der Waals surface area (Å²) in [6.07, 6.45) is 0.358. The number of amides is 1. The molecule has 0 aromatic carbocycles. The van der Waals surface area contributed by atoms with Crippen LogP contribution >= 0.6 is 0 Å². The zero-order chi connectivity index (χ0) is 16.5. The molecule has 0 aliphatic carbocycles. The number of hydrogen-bond donors (Lipinski definition) is 1. The molecule has 0 radical (unpaired) electrons. The van der Waals surface area contributed by atoms with E-state index in [2.05, 4.69) is 10.1 Å². The van der Waals surface area contributed by atoms with Gasteiger partial charge in [0.1, 0.15) is 5.60 Å². The molecule has 2 atom stereocenters. The van der Waals surface area contributed by atoms with E-state index in [1.165, 1.54) is 0 Å². The minimum absolute atomic E-state index is 0.0980. The summed E-state index contributed by atoms with van der Waals surface area (Å²) in [6, 6.07) is -0.0980. The van der Waals surface area contributed by atoms with Crippen LogP contribution in [0.25, 0.3) is 0 Å². The standard InChI is InChI=1S/C15H26N4O3/c1-9(2)12-17-13(22-18-12)10-8-19(7-6-11(10)16)14(20)21-15(3,4)5/h9-11H,6-8,16H2,1-5H3/t10-,11-/m0/s1. The largest absolute Gasteiger partial charge is 0.444 e. The van der Waals surface area contributed by atoms with Gasteiger partial charge in [0.25, 0.3) is 0 Å². The molecule has 1 saturated heterocycles. The number of piperidine rings is 1. The molecule has 22 heavy (non-hydrogen) atoms. The quantitative estimate of drug-likeness (QED) is 0.900. The molecule has 2 N–H and O–H groups in total. The fourth-order valence-corrected chi connectivity index (χ4v) is 2.36. The van der Waals surface area contributed by atoms with Crippen LogP contribution in [0.2, 0.25) is 0 Å². The summed E-state index contributed by atoms with van der Waals surface area (Å²) in [5.41, 5.74) is 5.67. The molecule has 2 heterocycles. The topological polar surface area (TPSA) is 94.5 Å². The molecule has 0 saturated carbocycles. The number of nitrogens with zero attached hydrogens (tertiary/aromatic N) is 3. The molecule has 1 aromatic rings. The van der Waals surface area contributed by atoms with Gasteiger partial charge in [-0.3, -0.25) is 0 Å². The van der Waals surface area contributed by atoms with Gasteiger partial charge < -0.3 is 19.9 Å². The molecule has 0 spiro atoms. The van der Waals surface area contributed by atoms with Gasteiger partial charge in [0.2, 0.25) is 5.89 Å². The van der Waals surface area contributed by atoms with Gasteiger partial charge in [-0.25, -0.2) is 4.79 Å². The average molecular weight is 310 g/mol. The van der Waals surface area contributed by atoms with Crippen LogP contribution in [-0.2, 0) is 4.74 Å². The predicted octanol–water partition coefficient (Wildman–Crippen LogP) is 2.24. The van der Waals surface area contributed by atoms with Crippen LogP contribution < -0.4 is 5.73 Å². The lowest BCUT2D eigenvalue weighted by Crippen LogP contribution is -2.49. The molecule has 0 unspecified atom stereocenters. The Morgan fingerprint density at radius 3 is 2.68 bits per heavy atom. The molecule has 1 fully saturated rings. The summed E-state index contributed by atoms with van der Waals surface area (Å²) in [4.78, 5) is 18.3. The highest BCUT2D eigenvalue weighted by atomic mass is 16.6. The van der Waals surface area contributed by atoms with E-state index in [0.29, 0.717) is 31.2 Å². The van der Waals surface area contributed by atoms with E-state index in [-0.39, 0.29) is 24.0 Å². The third-order valence-corrected chi connectivity index (χ3v) is 3.61. The highest BCUT2D eigenvalue weighted by Gasteiger charge is 2.35. The van der Waals surface area contributed by atoms with Crippen LogP contribution in [0.4, 0.5) is 4.79 Å². The zero-order valence-corrected chi connectivity index (χ0v) is 14.0. The summed E-state index contributed by atoms with van der Waals surface area (Å²) < 4.78 is 10.8. The van der Waals surface area contributed by atoms with Crippen LogP contribution in [-0.4, -0.2) is 45.9 Å². The normalized spacial score (nSPS) is 23.0. The van der Waals surface area contributed by atoms with Crippen molar-refractivity contribution in [3.8, 4) is 0 Å². The monoisotopic (exact) mass is 310 g/mol. The van der Waals surface area contributed by atoms with Gasteiger partial charge in [-0.1, -0.05) is 19.0 Å². The van der Waals surface area contributed by atoms with Gasteiger partial charge in [0.05, 0.1) is 5.92 Å². The number of likely N-dealkylation sites (tertiary alicyclic amines) is 1. The van der Waals surface area contributed by atoms with E-state index in [1.807, 2.05) is 34.6 Å². The molecular formula is C15H26N4O3. The highest BCUT2D eigenvalue weighted by Crippen LogP contribution is 2.27. The van der Waals surface area contributed by atoms with Crippen molar-refractivity contribution < 1.29 is 14.1 Å². The van der Waals surface area contributed by atoms with E-state index in [4.69, 9.17) is 15.0 Å². The van der Waals surface area contributed by atoms with Gasteiger partial charge in [-0.15, -0.1) is 0 Å². The Balaban J connectivity index is 2.09. The molecule has 2 rings (SSSR count). The molecular weight excluding hydrogens is 284 g/mol. The van der Waals surface area contributed by atoms with Crippen molar-refractivity contribution in [2.45, 2.75) is 64.5 Å². The lowest BCUT2D eigenvalue weighted by Gasteiger charge is -2.35. The molecule has 1 aromatic heterocycles. The van der Waals surface area contributed by atoms with Crippen molar-refractivity contribution in [2.75, 3.05) is 13.1 Å². The Kier molecular flexibility index (Phi) is 4.75. The number of carbonyl (C=O) groups excluding carboxylic acids is 1. The van der Waals surface area contributed by atoms with Gasteiger partial charge in [-0.05, 0) is 27.2 Å². The second kappa shape index (κ2) is 6.24. The average Bonchev–Trinajstić information content (AvgIpc) is 2.86. The summed E-state index contributed by atoms with van der Waals surface area (Å²) in [7, 11) is 0. The SMILES string of the molecule is CC(C)c1noc([C@H]2CN(C(=O)OC(C)(C)C)CC[C@@H]2N)n1. The number of carbonyl (C=O) groups is 1. The smallest absolute Gasteiger partial charge is 0.410 e. The van der Waals surface area contributed by atoms with Gasteiger partial charge in [0.15, 0.2) is 5.82 Å². The Morgan fingerprint density at radius 1 is 1.45 bits per heavy atom. The third kappa shape index (κ3) is 3.97. The number of aromatic nitrogens is 2. The van der Waals surface area contributed by atoms with Crippen LogP contribution in [0.5, 0.6) is 0 Å². The molecule has 7 heteroatoms. The Morgan fingerprint density at radius 2 is 2.14 bits per heavy atom. The number of ether oxygens (including phenoxy) is 1. The van der Waals surface area contributed by atoms with Gasteiger partial charge in [0, 0.05) is 25.0 Å². The van der Waals surface area contributed by atoms with E-state index in [0.717, 1.165) is 0 Å². The first-order valence-corrected chi connectivity index (χ1v) is 7.74. The van der Waals surface area contributed by atoms with Crippen molar-refractivity contribution in [3.63, 3.8) is 0 Å². The molecule has 7 nitrogen and oxygen atoms in total. The summed E-state index contributed by atoms with van der Waals surface area (Å²) in [5.74, 6) is 1.21. The second-order valence-electron chi connectivity index (χ2n) is 7.13. The van der Waals surface area contributed by atoms with Gasteiger partial charge >= 0.3 is 6.09 Å². The maximum Gasteiger partial charge on any atom is 0.410 e. The van der Waals surface area contributed by atoms with E-state index >= 15 is 0 Å². The highest BCUT2D eigenvalue weighted by molar-refractivity contribution is 5.68. The Bertz CT molecular complexity index is 521. The van der Waals surface area contributed by atoms with Crippen molar-refractivity contribution in [2.24, 2.45) is 5.73 Å². The maximum atomic E-state index is 12.2. The fraction of sp³-hybridized carbons (Fsp3) is 0.800. The summed E-state index contributed by atoms with van der Waals surface area (Å²) in [5, 5.41) is 3.98. The van der Waals surface area contributed by atoms with Crippen LogP contribution in [0.3, 0.4) is 0 Å². The van der Waals surface area contributed by atoms with Crippen molar-refractivity contribution >= 4 is 6.09 Å². The lowest BCUT2D eigenvalue weighted by molar-refractivity contribution is 0.0175. The first-order chi connectivity index (χ1) is 10.2. The van der Waals surface area contributed by atoms with Crippen LogP contribution in [0, 0.1) is 0 Å². The van der Waals surface area contributed by atoms with E-state index in [9.17, 15) is 4.79 Å². The number of rotatable bonds is 2. The molecule has 0 bridgehead atoms. The molecule has 1 aliphatic heterocycles. The lowest BCUT2D eigenvalue weighted by atomic mass is 9.93. The number of hydrogen-bond acceptors (Lipinski definition) is 6. The second-order valence-corrected chi connectivity index (χ2v) is 7.13. The van der Waals surface area contributed by atoms with Crippen LogP contribution in [0.1, 0.15) is 64.6 Å². The minimum atomic E-state index is -0.512. The maximum absolute atomic E-state index is 12.2. The fourth-order valence-electron chi connectivity index (χ4n) is 2.36. The third-order valence-electron chi connectivity index (χ3n) is 3.61. The van der Waals surface area contributed by atoms with Crippen molar-refractivity contribution in [3.05, 3.63) is 11.7 Å². The molecule has 1 aliphatic rings. The molecule has 1 amide bonds. The summed E-state index contributed by atoms with van der Waals surface area (Å²) >= 11 is 0. The van der Waals surface area contributed by atoms with Crippen molar-refractivity contribution in [1.29, 1.82) is 0 Å². The zero-order valence-electron chi connectivity index (χ0n) is 14.0. The predicted molar refractivity (Wildman–Crippen MR) is 81.5 cm³/mol. The Labute approximate surface area is 131 Å². The molecule has 124 valence electrons. The first-order valence-electron chi connectivity index (χ1n) is 7.74. The van der Waals surface area contributed by atoms with Gasteiger partial charge in [-0.2, -0.15) is 4.98 Å². The van der Waals surface area contributed by atoms with E-state index in [1.54, 1.807) is 4.90 Å². The summed E-state index contributed by atoms with van der Waals surface area (Å²) in [6.45, 7) is 10.6. The van der Waals surface area contributed by atoms with Crippen molar-refractivity contribution in [1.82, 2.24) is 15.0 Å². The first kappa shape index (κ1) is 16.7. The van der Waals surface area contributed by atoms with E-state index < -0.39 is 5.60 Å². The Hall–Kier alpha value is -1.63. The minimum Gasteiger partial charge on any atom is -0.444 e.